The highest BCUT2D eigenvalue weighted by atomic mass is 35.5. The van der Waals surface area contributed by atoms with Crippen molar-refractivity contribution in [3.63, 3.8) is 0 Å². The van der Waals surface area contributed by atoms with Gasteiger partial charge in [-0.3, -0.25) is 13.9 Å². The third-order valence-electron chi connectivity index (χ3n) is 5.90. The van der Waals surface area contributed by atoms with Crippen LogP contribution in [0.1, 0.15) is 52.0 Å². The Hall–Kier alpha value is -2.65. The molecule has 0 aliphatic rings. The summed E-state index contributed by atoms with van der Waals surface area (Å²) in [5, 5.41) is 3.34. The molecule has 0 unspecified atom stereocenters. The summed E-state index contributed by atoms with van der Waals surface area (Å²) in [6.07, 6.45) is 2.51. The molecule has 2 atom stereocenters. The fourth-order valence-corrected chi connectivity index (χ4v) is 4.92. The first-order valence-electron chi connectivity index (χ1n) is 12.0. The lowest BCUT2D eigenvalue weighted by atomic mass is 10.1. The van der Waals surface area contributed by atoms with Gasteiger partial charge < -0.3 is 10.2 Å². The molecule has 0 heterocycles. The second kappa shape index (κ2) is 13.6. The molecule has 2 aromatic carbocycles. The smallest absolute Gasteiger partial charge is 0.243 e. The Morgan fingerprint density at radius 3 is 2.31 bits per heavy atom. The van der Waals surface area contributed by atoms with Crippen molar-refractivity contribution in [2.24, 2.45) is 0 Å². The van der Waals surface area contributed by atoms with Gasteiger partial charge in [0.1, 0.15) is 11.9 Å². The van der Waals surface area contributed by atoms with E-state index in [9.17, 15) is 22.4 Å². The Kier molecular flexibility index (Phi) is 11.2. The molecule has 0 aliphatic heterocycles. The molecule has 0 saturated heterocycles. The number of nitrogens with one attached hydrogen (secondary N) is 1. The van der Waals surface area contributed by atoms with Crippen LogP contribution in [-0.2, 0) is 26.2 Å². The van der Waals surface area contributed by atoms with Crippen LogP contribution in [0.4, 0.5) is 10.1 Å². The average Bonchev–Trinajstić information content (AvgIpc) is 2.81. The number of rotatable bonds is 13. The van der Waals surface area contributed by atoms with Gasteiger partial charge in [0.15, 0.2) is 0 Å². The van der Waals surface area contributed by atoms with Gasteiger partial charge in [-0.1, -0.05) is 43.6 Å². The van der Waals surface area contributed by atoms with Crippen LogP contribution in [0, 0.1) is 5.82 Å². The van der Waals surface area contributed by atoms with Crippen LogP contribution in [0.3, 0.4) is 0 Å². The number of nitrogens with zero attached hydrogens (tertiary/aromatic N) is 2. The summed E-state index contributed by atoms with van der Waals surface area (Å²) in [6.45, 7) is 5.89. The SMILES string of the molecule is CC[C@@H](C)NC(=O)[C@H](CC)N(Cc1ccc(F)cc1)C(=O)CCCN(c1cccc(Cl)c1)S(C)(=O)=O. The lowest BCUT2D eigenvalue weighted by Crippen LogP contribution is -2.50. The summed E-state index contributed by atoms with van der Waals surface area (Å²) in [6, 6.07) is 11.5. The fraction of sp³-hybridized carbons (Fsp3) is 0.462. The maximum Gasteiger partial charge on any atom is 0.243 e. The van der Waals surface area contributed by atoms with Crippen LogP contribution >= 0.6 is 11.6 Å². The zero-order valence-electron chi connectivity index (χ0n) is 21.2. The first kappa shape index (κ1) is 29.6. The van der Waals surface area contributed by atoms with E-state index in [0.717, 1.165) is 12.7 Å². The molecule has 0 spiro atoms. The summed E-state index contributed by atoms with van der Waals surface area (Å²) < 4.78 is 39.4. The average molecular weight is 540 g/mol. The van der Waals surface area contributed by atoms with Gasteiger partial charge in [-0.2, -0.15) is 0 Å². The molecule has 0 saturated carbocycles. The van der Waals surface area contributed by atoms with E-state index < -0.39 is 16.1 Å². The third kappa shape index (κ3) is 8.78. The minimum atomic E-state index is -3.61. The Morgan fingerprint density at radius 2 is 1.75 bits per heavy atom. The van der Waals surface area contributed by atoms with E-state index in [1.165, 1.54) is 21.3 Å². The molecular weight excluding hydrogens is 505 g/mol. The van der Waals surface area contributed by atoms with Crippen molar-refractivity contribution in [1.82, 2.24) is 10.2 Å². The number of halogens is 2. The van der Waals surface area contributed by atoms with Crippen molar-refractivity contribution in [3.8, 4) is 0 Å². The van der Waals surface area contributed by atoms with E-state index in [4.69, 9.17) is 11.6 Å². The molecule has 0 radical (unpaired) electrons. The zero-order valence-corrected chi connectivity index (χ0v) is 22.8. The monoisotopic (exact) mass is 539 g/mol. The number of carbonyl (C=O) groups excluding carboxylic acids is 2. The van der Waals surface area contributed by atoms with Gasteiger partial charge >= 0.3 is 0 Å². The Labute approximate surface area is 218 Å². The molecule has 1 N–H and O–H groups in total. The highest BCUT2D eigenvalue weighted by Crippen LogP contribution is 2.23. The van der Waals surface area contributed by atoms with Gasteiger partial charge in [0.2, 0.25) is 21.8 Å². The summed E-state index contributed by atoms with van der Waals surface area (Å²) in [4.78, 5) is 27.9. The first-order valence-corrected chi connectivity index (χ1v) is 14.3. The normalized spacial score (nSPS) is 13.1. The molecule has 7 nitrogen and oxygen atoms in total. The minimum absolute atomic E-state index is 0.0287. The molecule has 198 valence electrons. The maximum absolute atomic E-state index is 13.4. The van der Waals surface area contributed by atoms with Crippen LogP contribution in [0.25, 0.3) is 0 Å². The summed E-state index contributed by atoms with van der Waals surface area (Å²) in [7, 11) is -3.61. The zero-order chi connectivity index (χ0) is 26.9. The van der Waals surface area contributed by atoms with Crippen molar-refractivity contribution in [2.75, 3.05) is 17.1 Å². The van der Waals surface area contributed by atoms with E-state index in [2.05, 4.69) is 5.32 Å². The topological polar surface area (TPSA) is 86.8 Å². The van der Waals surface area contributed by atoms with Gasteiger partial charge in [-0.15, -0.1) is 0 Å². The second-order valence-electron chi connectivity index (χ2n) is 8.81. The lowest BCUT2D eigenvalue weighted by Gasteiger charge is -2.32. The third-order valence-corrected chi connectivity index (χ3v) is 7.33. The predicted octanol–water partition coefficient (Wildman–Crippen LogP) is 4.75. The summed E-state index contributed by atoms with van der Waals surface area (Å²) >= 11 is 6.04. The van der Waals surface area contributed by atoms with Crippen LogP contribution in [-0.4, -0.2) is 50.0 Å². The Bertz CT molecular complexity index is 1130. The van der Waals surface area contributed by atoms with E-state index in [1.807, 2.05) is 20.8 Å². The maximum atomic E-state index is 13.4. The lowest BCUT2D eigenvalue weighted by molar-refractivity contribution is -0.141. The fourth-order valence-electron chi connectivity index (χ4n) is 3.78. The number of hydrogen-bond donors (Lipinski definition) is 1. The van der Waals surface area contributed by atoms with Gasteiger partial charge in [-0.05, 0) is 62.1 Å². The Balaban J connectivity index is 2.22. The van der Waals surface area contributed by atoms with E-state index in [1.54, 1.807) is 36.4 Å². The number of benzene rings is 2. The predicted molar refractivity (Wildman–Crippen MR) is 142 cm³/mol. The van der Waals surface area contributed by atoms with Gasteiger partial charge in [0, 0.05) is 30.6 Å². The molecule has 36 heavy (non-hydrogen) atoms. The van der Waals surface area contributed by atoms with Crippen molar-refractivity contribution in [3.05, 3.63) is 64.9 Å². The molecule has 10 heteroatoms. The molecule has 0 fully saturated rings. The summed E-state index contributed by atoms with van der Waals surface area (Å²) in [5.74, 6) is -0.927. The highest BCUT2D eigenvalue weighted by molar-refractivity contribution is 7.92. The molecule has 2 aromatic rings. The number of carbonyl (C=O) groups is 2. The Morgan fingerprint density at radius 1 is 1.08 bits per heavy atom. The van der Waals surface area contributed by atoms with E-state index >= 15 is 0 Å². The van der Waals surface area contributed by atoms with Crippen molar-refractivity contribution < 1.29 is 22.4 Å². The number of anilines is 1. The summed E-state index contributed by atoms with van der Waals surface area (Å²) in [5.41, 5.74) is 1.11. The van der Waals surface area contributed by atoms with Crippen LogP contribution in [0.2, 0.25) is 5.02 Å². The molecule has 2 rings (SSSR count). The molecule has 2 amide bonds. The molecular formula is C26H35ClFN3O4S. The first-order chi connectivity index (χ1) is 17.0. The van der Waals surface area contributed by atoms with Crippen LogP contribution in [0.15, 0.2) is 48.5 Å². The van der Waals surface area contributed by atoms with Crippen LogP contribution < -0.4 is 9.62 Å². The van der Waals surface area contributed by atoms with Gasteiger partial charge in [0.25, 0.3) is 0 Å². The van der Waals surface area contributed by atoms with E-state index in [-0.39, 0.29) is 49.6 Å². The van der Waals surface area contributed by atoms with E-state index in [0.29, 0.717) is 22.7 Å². The number of amides is 2. The molecule has 0 bridgehead atoms. The quantitative estimate of drug-likeness (QED) is 0.398. The van der Waals surface area contributed by atoms with Crippen molar-refractivity contribution in [1.29, 1.82) is 0 Å². The van der Waals surface area contributed by atoms with Crippen molar-refractivity contribution in [2.45, 2.75) is 65.1 Å². The second-order valence-corrected chi connectivity index (χ2v) is 11.2. The molecule has 0 aliphatic carbocycles. The highest BCUT2D eigenvalue weighted by Gasteiger charge is 2.29. The van der Waals surface area contributed by atoms with Gasteiger partial charge in [-0.25, -0.2) is 12.8 Å². The van der Waals surface area contributed by atoms with Crippen molar-refractivity contribution >= 4 is 39.1 Å². The van der Waals surface area contributed by atoms with Crippen LogP contribution in [0.5, 0.6) is 0 Å². The number of sulfonamides is 1. The minimum Gasteiger partial charge on any atom is -0.352 e. The van der Waals surface area contributed by atoms with Gasteiger partial charge in [0.05, 0.1) is 11.9 Å². The number of hydrogen-bond acceptors (Lipinski definition) is 4. The largest absolute Gasteiger partial charge is 0.352 e. The molecule has 0 aromatic heterocycles. The standard InChI is InChI=1S/C26H35ClFN3O4S/c1-5-19(3)29-26(33)24(6-2)30(18-20-12-14-22(28)15-13-20)25(32)11-8-16-31(36(4,34)35)23-10-7-9-21(27)17-23/h7,9-10,12-15,17,19,24H,5-6,8,11,16,18H2,1-4H3,(H,29,33)/t19-,24+/m1/s1.